The van der Waals surface area contributed by atoms with Gasteiger partial charge in [0.05, 0.1) is 0 Å². The molecule has 0 aliphatic carbocycles. The lowest BCUT2D eigenvalue weighted by atomic mass is 10.2. The van der Waals surface area contributed by atoms with Gasteiger partial charge in [-0.1, -0.05) is 30.1 Å². The number of nitrogens with one attached hydrogen (secondary N) is 1. The fourth-order valence-corrected chi connectivity index (χ4v) is 2.90. The molecule has 1 aliphatic heterocycles. The summed E-state index contributed by atoms with van der Waals surface area (Å²) in [4.78, 5) is 2.50. The van der Waals surface area contributed by atoms with Gasteiger partial charge in [-0.2, -0.15) is 0 Å². The summed E-state index contributed by atoms with van der Waals surface area (Å²) < 4.78 is 0. The van der Waals surface area contributed by atoms with Gasteiger partial charge in [-0.25, -0.2) is 0 Å². The van der Waals surface area contributed by atoms with Gasteiger partial charge in [-0.05, 0) is 49.7 Å². The van der Waals surface area contributed by atoms with Crippen molar-refractivity contribution in [2.45, 2.75) is 32.4 Å². The molecule has 2 nitrogen and oxygen atoms in total. The van der Waals surface area contributed by atoms with Crippen molar-refractivity contribution >= 4 is 23.2 Å². The van der Waals surface area contributed by atoms with Crippen molar-refractivity contribution in [3.05, 3.63) is 33.8 Å². The van der Waals surface area contributed by atoms with Gasteiger partial charge >= 0.3 is 0 Å². The van der Waals surface area contributed by atoms with Crippen LogP contribution in [0.25, 0.3) is 0 Å². The molecule has 0 amide bonds. The first-order valence-corrected chi connectivity index (χ1v) is 7.35. The molecule has 0 radical (unpaired) electrons. The molecule has 1 aromatic rings. The van der Waals surface area contributed by atoms with Crippen molar-refractivity contribution in [2.24, 2.45) is 0 Å². The van der Waals surface area contributed by atoms with Gasteiger partial charge in [0.2, 0.25) is 0 Å². The van der Waals surface area contributed by atoms with Crippen LogP contribution < -0.4 is 5.32 Å². The molecule has 18 heavy (non-hydrogen) atoms. The molecular formula is C14H20Cl2N2. The second-order valence-corrected chi connectivity index (χ2v) is 5.65. The fourth-order valence-electron chi connectivity index (χ4n) is 2.53. The number of likely N-dealkylation sites (tertiary alicyclic amines) is 1. The number of benzene rings is 1. The zero-order valence-corrected chi connectivity index (χ0v) is 12.3. The minimum Gasteiger partial charge on any atom is -0.315 e. The predicted octanol–water partition coefficient (Wildman–Crippen LogP) is 3.57. The number of halogens is 2. The van der Waals surface area contributed by atoms with Crippen LogP contribution in [0.1, 0.15) is 25.3 Å². The first kappa shape index (κ1) is 14.1. The van der Waals surface area contributed by atoms with Crippen LogP contribution in [0, 0.1) is 0 Å². The smallest absolute Gasteiger partial charge is 0.0452 e. The van der Waals surface area contributed by atoms with Crippen molar-refractivity contribution in [3.63, 3.8) is 0 Å². The Kier molecular flexibility index (Phi) is 5.31. The summed E-state index contributed by atoms with van der Waals surface area (Å²) in [5, 5.41) is 5.01. The van der Waals surface area contributed by atoms with Crippen LogP contribution in [0.5, 0.6) is 0 Å². The van der Waals surface area contributed by atoms with Crippen molar-refractivity contribution in [2.75, 3.05) is 19.6 Å². The van der Waals surface area contributed by atoms with Crippen molar-refractivity contribution in [1.29, 1.82) is 0 Å². The Labute approximate surface area is 119 Å². The summed E-state index contributed by atoms with van der Waals surface area (Å²) in [6.07, 6.45) is 2.54. The van der Waals surface area contributed by atoms with E-state index in [1.807, 2.05) is 18.2 Å². The van der Waals surface area contributed by atoms with E-state index in [-0.39, 0.29) is 0 Å². The van der Waals surface area contributed by atoms with E-state index in [2.05, 4.69) is 17.1 Å². The van der Waals surface area contributed by atoms with E-state index in [0.717, 1.165) is 41.8 Å². The number of hydrogen-bond donors (Lipinski definition) is 1. The molecule has 1 atom stereocenters. The average molecular weight is 287 g/mol. The van der Waals surface area contributed by atoms with Gasteiger partial charge in [0.25, 0.3) is 0 Å². The number of nitrogens with zero attached hydrogens (tertiary/aromatic N) is 1. The molecule has 0 spiro atoms. The summed E-state index contributed by atoms with van der Waals surface area (Å²) >= 11 is 12.3. The lowest BCUT2D eigenvalue weighted by molar-refractivity contribution is 0.240. The standard InChI is InChI=1S/C14H20Cl2N2/c1-2-17-9-13-4-3-7-18(13)10-11-8-12(15)5-6-14(11)16/h5-6,8,13,17H,2-4,7,9-10H2,1H3. The highest BCUT2D eigenvalue weighted by Gasteiger charge is 2.24. The molecule has 1 unspecified atom stereocenters. The molecule has 1 heterocycles. The minimum atomic E-state index is 0.625. The van der Waals surface area contributed by atoms with Crippen LogP contribution >= 0.6 is 23.2 Å². The SMILES string of the molecule is CCNCC1CCCN1Cc1cc(Cl)ccc1Cl. The predicted molar refractivity (Wildman–Crippen MR) is 78.4 cm³/mol. The zero-order chi connectivity index (χ0) is 13.0. The molecule has 0 saturated carbocycles. The summed E-state index contributed by atoms with van der Waals surface area (Å²) in [6, 6.07) is 6.33. The van der Waals surface area contributed by atoms with Gasteiger partial charge in [0.1, 0.15) is 0 Å². The molecular weight excluding hydrogens is 267 g/mol. The van der Waals surface area contributed by atoms with Gasteiger partial charge < -0.3 is 5.32 Å². The van der Waals surface area contributed by atoms with Crippen molar-refractivity contribution in [3.8, 4) is 0 Å². The molecule has 0 bridgehead atoms. The Balaban J connectivity index is 2.01. The maximum atomic E-state index is 6.23. The van der Waals surface area contributed by atoms with Gasteiger partial charge in [0, 0.05) is 29.2 Å². The van der Waals surface area contributed by atoms with Crippen molar-refractivity contribution in [1.82, 2.24) is 10.2 Å². The molecule has 4 heteroatoms. The molecule has 2 rings (SSSR count). The molecule has 100 valence electrons. The molecule has 1 aliphatic rings. The maximum Gasteiger partial charge on any atom is 0.0452 e. The highest BCUT2D eigenvalue weighted by Crippen LogP contribution is 2.25. The highest BCUT2D eigenvalue weighted by molar-refractivity contribution is 6.33. The molecule has 1 saturated heterocycles. The largest absolute Gasteiger partial charge is 0.315 e. The zero-order valence-electron chi connectivity index (χ0n) is 10.8. The average Bonchev–Trinajstić information content (AvgIpc) is 2.79. The van der Waals surface area contributed by atoms with Crippen LogP contribution in [0.2, 0.25) is 10.0 Å². The van der Waals surface area contributed by atoms with Gasteiger partial charge in [0.15, 0.2) is 0 Å². The summed E-state index contributed by atoms with van der Waals surface area (Å²) in [5.74, 6) is 0. The number of hydrogen-bond acceptors (Lipinski definition) is 2. The van der Waals surface area contributed by atoms with Crippen LogP contribution in [0.3, 0.4) is 0 Å². The Morgan fingerprint density at radius 1 is 1.39 bits per heavy atom. The third-order valence-corrected chi connectivity index (χ3v) is 4.11. The summed E-state index contributed by atoms with van der Waals surface area (Å²) in [5.41, 5.74) is 1.13. The topological polar surface area (TPSA) is 15.3 Å². The molecule has 1 fully saturated rings. The maximum absolute atomic E-state index is 6.23. The number of rotatable bonds is 5. The third-order valence-electron chi connectivity index (χ3n) is 3.51. The van der Waals surface area contributed by atoms with Crippen LogP contribution in [0.15, 0.2) is 18.2 Å². The Hall–Kier alpha value is -0.280. The van der Waals surface area contributed by atoms with E-state index in [9.17, 15) is 0 Å². The second-order valence-electron chi connectivity index (χ2n) is 4.81. The monoisotopic (exact) mass is 286 g/mol. The van der Waals surface area contributed by atoms with Crippen LogP contribution in [-0.2, 0) is 6.54 Å². The Bertz CT molecular complexity index is 395. The van der Waals surface area contributed by atoms with E-state index in [1.165, 1.54) is 12.8 Å². The van der Waals surface area contributed by atoms with Gasteiger partial charge in [-0.15, -0.1) is 0 Å². The molecule has 1 aromatic carbocycles. The van der Waals surface area contributed by atoms with E-state index >= 15 is 0 Å². The fraction of sp³-hybridized carbons (Fsp3) is 0.571. The van der Waals surface area contributed by atoms with E-state index in [0.29, 0.717) is 6.04 Å². The first-order chi connectivity index (χ1) is 8.70. The summed E-state index contributed by atoms with van der Waals surface area (Å²) in [7, 11) is 0. The normalized spacial score (nSPS) is 20.5. The highest BCUT2D eigenvalue weighted by atomic mass is 35.5. The second kappa shape index (κ2) is 6.76. The third kappa shape index (κ3) is 3.61. The first-order valence-electron chi connectivity index (χ1n) is 6.59. The Morgan fingerprint density at radius 2 is 2.22 bits per heavy atom. The quantitative estimate of drug-likeness (QED) is 0.890. The van der Waals surface area contributed by atoms with Crippen LogP contribution in [-0.4, -0.2) is 30.6 Å². The van der Waals surface area contributed by atoms with E-state index in [4.69, 9.17) is 23.2 Å². The lowest BCUT2D eigenvalue weighted by Crippen LogP contribution is -2.37. The Morgan fingerprint density at radius 3 is 3.00 bits per heavy atom. The van der Waals surface area contributed by atoms with Crippen molar-refractivity contribution < 1.29 is 0 Å². The lowest BCUT2D eigenvalue weighted by Gasteiger charge is -2.25. The summed E-state index contributed by atoms with van der Waals surface area (Å²) in [6.45, 7) is 6.29. The van der Waals surface area contributed by atoms with E-state index < -0.39 is 0 Å². The van der Waals surface area contributed by atoms with Crippen LogP contribution in [0.4, 0.5) is 0 Å². The van der Waals surface area contributed by atoms with E-state index in [1.54, 1.807) is 0 Å². The number of likely N-dealkylation sites (N-methyl/N-ethyl adjacent to an activating group) is 1. The van der Waals surface area contributed by atoms with Gasteiger partial charge in [-0.3, -0.25) is 4.90 Å². The molecule has 1 N–H and O–H groups in total. The molecule has 0 aromatic heterocycles. The minimum absolute atomic E-state index is 0.625.